The van der Waals surface area contributed by atoms with Gasteiger partial charge in [0.25, 0.3) is 0 Å². The van der Waals surface area contributed by atoms with Crippen LogP contribution in [0.5, 0.6) is 0 Å². The van der Waals surface area contributed by atoms with Gasteiger partial charge in [0, 0.05) is 24.2 Å². The van der Waals surface area contributed by atoms with Crippen LogP contribution in [0.15, 0.2) is 46.0 Å². The lowest BCUT2D eigenvalue weighted by Gasteiger charge is -2.15. The third-order valence-electron chi connectivity index (χ3n) is 4.83. The predicted molar refractivity (Wildman–Crippen MR) is 113 cm³/mol. The van der Waals surface area contributed by atoms with Gasteiger partial charge < -0.3 is 14.1 Å². The van der Waals surface area contributed by atoms with E-state index in [1.165, 1.54) is 11.8 Å². The number of carbonyl (C=O) groups excluding carboxylic acids is 1. The average molecular weight is 448 g/mol. The minimum Gasteiger partial charge on any atom is -0.459 e. The molecule has 1 fully saturated rings. The van der Waals surface area contributed by atoms with Gasteiger partial charge in [0.1, 0.15) is 11.5 Å². The summed E-state index contributed by atoms with van der Waals surface area (Å²) in [5, 5.41) is 13.1. The van der Waals surface area contributed by atoms with E-state index in [2.05, 4.69) is 15.5 Å². The summed E-state index contributed by atoms with van der Waals surface area (Å²) in [4.78, 5) is 14.2. The Bertz CT molecular complexity index is 985. The highest BCUT2D eigenvalue weighted by Gasteiger charge is 2.20. The predicted octanol–water partition coefficient (Wildman–Crippen LogP) is 3.52. The molecule has 8 nitrogen and oxygen atoms in total. The van der Waals surface area contributed by atoms with Crippen LogP contribution in [0.4, 0.5) is 0 Å². The molecule has 158 valence electrons. The standard InChI is InChI=1S/C20H22ClN5O3S/c1-25(11-17-8-9-18(29-17)14-4-6-15(21)7-5-14)19(27)13-30-20-22-23-24-26(20)12-16-3-2-10-28-16/h4-9,16H,2-3,10-13H2,1H3/t16-/m1/s1. The number of hydrogen-bond donors (Lipinski definition) is 0. The molecule has 2 aromatic heterocycles. The van der Waals surface area contributed by atoms with Crippen LogP contribution < -0.4 is 0 Å². The van der Waals surface area contributed by atoms with Crippen molar-refractivity contribution in [2.75, 3.05) is 19.4 Å². The molecule has 0 radical (unpaired) electrons. The summed E-state index contributed by atoms with van der Waals surface area (Å²) in [6.07, 6.45) is 2.21. The Morgan fingerprint density at radius 2 is 2.13 bits per heavy atom. The van der Waals surface area contributed by atoms with Gasteiger partial charge in [0.05, 0.1) is 24.9 Å². The number of hydrogen-bond acceptors (Lipinski definition) is 7. The van der Waals surface area contributed by atoms with Crippen LogP contribution in [0.25, 0.3) is 11.3 Å². The Morgan fingerprint density at radius 1 is 1.30 bits per heavy atom. The number of tetrazole rings is 1. The van der Waals surface area contributed by atoms with Gasteiger partial charge in [-0.2, -0.15) is 0 Å². The van der Waals surface area contributed by atoms with Crippen LogP contribution in [0.1, 0.15) is 18.6 Å². The van der Waals surface area contributed by atoms with Gasteiger partial charge in [-0.1, -0.05) is 23.4 Å². The molecule has 10 heteroatoms. The molecule has 0 aliphatic carbocycles. The molecular weight excluding hydrogens is 426 g/mol. The fourth-order valence-electron chi connectivity index (χ4n) is 3.19. The second-order valence-electron chi connectivity index (χ2n) is 7.09. The molecule has 3 heterocycles. The van der Waals surface area contributed by atoms with Crippen LogP contribution in [0.3, 0.4) is 0 Å². The van der Waals surface area contributed by atoms with Crippen molar-refractivity contribution < 1.29 is 13.9 Å². The van der Waals surface area contributed by atoms with Gasteiger partial charge in [-0.25, -0.2) is 4.68 Å². The highest BCUT2D eigenvalue weighted by molar-refractivity contribution is 7.99. The maximum Gasteiger partial charge on any atom is 0.233 e. The highest BCUT2D eigenvalue weighted by atomic mass is 35.5. The molecule has 3 aromatic rings. The molecule has 1 aliphatic rings. The number of carbonyl (C=O) groups is 1. The first-order valence-electron chi connectivity index (χ1n) is 9.67. The zero-order valence-electron chi connectivity index (χ0n) is 16.5. The van der Waals surface area contributed by atoms with E-state index in [0.717, 1.165) is 30.8 Å². The second-order valence-corrected chi connectivity index (χ2v) is 8.47. The maximum atomic E-state index is 12.6. The van der Waals surface area contributed by atoms with Gasteiger partial charge in [0.2, 0.25) is 11.1 Å². The van der Waals surface area contributed by atoms with Crippen LogP contribution in [-0.4, -0.2) is 56.5 Å². The zero-order chi connectivity index (χ0) is 20.9. The van der Waals surface area contributed by atoms with Crippen molar-refractivity contribution in [3.05, 3.63) is 47.2 Å². The summed E-state index contributed by atoms with van der Waals surface area (Å²) in [6, 6.07) is 11.2. The van der Waals surface area contributed by atoms with Gasteiger partial charge in [-0.15, -0.1) is 5.10 Å². The molecule has 1 saturated heterocycles. The topological polar surface area (TPSA) is 86.3 Å². The van der Waals surface area contributed by atoms with Gasteiger partial charge in [0.15, 0.2) is 0 Å². The number of halogens is 1. The normalized spacial score (nSPS) is 16.1. The third kappa shape index (κ3) is 5.21. The van der Waals surface area contributed by atoms with Gasteiger partial charge >= 0.3 is 0 Å². The highest BCUT2D eigenvalue weighted by Crippen LogP contribution is 2.25. The number of thioether (sulfide) groups is 1. The minimum atomic E-state index is -0.0314. The van der Waals surface area contributed by atoms with Gasteiger partial charge in [-0.3, -0.25) is 4.79 Å². The van der Waals surface area contributed by atoms with E-state index in [4.69, 9.17) is 20.8 Å². The van der Waals surface area contributed by atoms with Crippen molar-refractivity contribution >= 4 is 29.3 Å². The lowest BCUT2D eigenvalue weighted by atomic mass is 10.2. The number of ether oxygens (including phenoxy) is 1. The average Bonchev–Trinajstić information content (AvgIpc) is 3.50. The quantitative estimate of drug-likeness (QED) is 0.488. The van der Waals surface area contributed by atoms with E-state index in [1.54, 1.807) is 16.6 Å². The number of aromatic nitrogens is 4. The van der Waals surface area contributed by atoms with Crippen molar-refractivity contribution in [3.8, 4) is 11.3 Å². The third-order valence-corrected chi connectivity index (χ3v) is 6.03. The van der Waals surface area contributed by atoms with Crippen molar-refractivity contribution in [2.45, 2.75) is 37.2 Å². The Hall–Kier alpha value is -2.36. The molecular formula is C20H22ClN5O3S. The first-order valence-corrected chi connectivity index (χ1v) is 11.0. The van der Waals surface area contributed by atoms with Crippen molar-refractivity contribution in [1.82, 2.24) is 25.1 Å². The maximum absolute atomic E-state index is 12.6. The van der Waals surface area contributed by atoms with Crippen LogP contribution in [0.2, 0.25) is 5.02 Å². The number of amides is 1. The monoisotopic (exact) mass is 447 g/mol. The molecule has 4 rings (SSSR count). The number of furan rings is 1. The summed E-state index contributed by atoms with van der Waals surface area (Å²) in [5.74, 6) is 1.66. The van der Waals surface area contributed by atoms with E-state index in [-0.39, 0.29) is 17.8 Å². The first kappa shape index (κ1) is 20.9. The molecule has 1 aromatic carbocycles. The summed E-state index contributed by atoms with van der Waals surface area (Å²) in [6.45, 7) is 1.78. The summed E-state index contributed by atoms with van der Waals surface area (Å²) >= 11 is 7.25. The Balaban J connectivity index is 1.29. The molecule has 0 unspecified atom stereocenters. The van der Waals surface area contributed by atoms with Crippen molar-refractivity contribution in [1.29, 1.82) is 0 Å². The smallest absolute Gasteiger partial charge is 0.233 e. The fourth-order valence-corrected chi connectivity index (χ4v) is 4.14. The van der Waals surface area contributed by atoms with Crippen molar-refractivity contribution in [3.63, 3.8) is 0 Å². The van der Waals surface area contributed by atoms with E-state index in [9.17, 15) is 4.79 Å². The lowest BCUT2D eigenvalue weighted by Crippen LogP contribution is -2.27. The van der Waals surface area contributed by atoms with E-state index >= 15 is 0 Å². The zero-order valence-corrected chi connectivity index (χ0v) is 18.1. The molecule has 0 bridgehead atoms. The number of rotatable bonds is 8. The summed E-state index contributed by atoms with van der Waals surface area (Å²) < 4.78 is 13.2. The Labute approximate surface area is 183 Å². The van der Waals surface area contributed by atoms with Crippen LogP contribution in [0, 0.1) is 0 Å². The van der Waals surface area contributed by atoms with Crippen molar-refractivity contribution in [2.24, 2.45) is 0 Å². The molecule has 0 saturated carbocycles. The molecule has 1 atom stereocenters. The number of benzene rings is 1. The summed E-state index contributed by atoms with van der Waals surface area (Å²) in [5.41, 5.74) is 0.938. The van der Waals surface area contributed by atoms with Crippen LogP contribution in [-0.2, 0) is 22.6 Å². The number of nitrogens with zero attached hydrogens (tertiary/aromatic N) is 5. The van der Waals surface area contributed by atoms with Gasteiger partial charge in [-0.05, 0) is 59.7 Å². The van der Waals surface area contributed by atoms with Crippen LogP contribution >= 0.6 is 23.4 Å². The second kappa shape index (κ2) is 9.63. The largest absolute Gasteiger partial charge is 0.459 e. The molecule has 0 N–H and O–H groups in total. The SMILES string of the molecule is CN(Cc1ccc(-c2ccc(Cl)cc2)o1)C(=O)CSc1nnnn1C[C@H]1CCCO1. The first-order chi connectivity index (χ1) is 14.6. The molecule has 30 heavy (non-hydrogen) atoms. The Kier molecular flexibility index (Phi) is 6.71. The molecule has 1 aliphatic heterocycles. The van der Waals surface area contributed by atoms with E-state index in [0.29, 0.717) is 29.0 Å². The Morgan fingerprint density at radius 3 is 2.90 bits per heavy atom. The minimum absolute atomic E-state index is 0.0314. The molecule has 1 amide bonds. The van der Waals surface area contributed by atoms with E-state index < -0.39 is 0 Å². The fraction of sp³-hybridized carbons (Fsp3) is 0.400. The molecule has 0 spiro atoms. The lowest BCUT2D eigenvalue weighted by molar-refractivity contribution is -0.127. The summed E-state index contributed by atoms with van der Waals surface area (Å²) in [7, 11) is 1.75. The van der Waals surface area contributed by atoms with E-state index in [1.807, 2.05) is 36.4 Å².